The van der Waals surface area contributed by atoms with Gasteiger partial charge in [-0.05, 0) is 58.6 Å². The highest BCUT2D eigenvalue weighted by Gasteiger charge is 2.22. The van der Waals surface area contributed by atoms with Crippen LogP contribution in [0.1, 0.15) is 33.6 Å². The van der Waals surface area contributed by atoms with E-state index in [1.54, 1.807) is 12.1 Å². The van der Waals surface area contributed by atoms with E-state index in [1.165, 1.54) is 0 Å². The zero-order valence-electron chi connectivity index (χ0n) is 14.3. The van der Waals surface area contributed by atoms with Gasteiger partial charge in [0.1, 0.15) is 12.4 Å². The van der Waals surface area contributed by atoms with Crippen molar-refractivity contribution in [2.24, 2.45) is 0 Å². The number of nitrogens with one attached hydrogen (secondary N) is 1. The number of anilines is 1. The van der Waals surface area contributed by atoms with Crippen LogP contribution in [0, 0.1) is 0 Å². The molecule has 1 aromatic rings. The predicted molar refractivity (Wildman–Crippen MR) is 89.6 cm³/mol. The van der Waals surface area contributed by atoms with Gasteiger partial charge in [-0.1, -0.05) is 13.3 Å². The summed E-state index contributed by atoms with van der Waals surface area (Å²) in [6.07, 6.45) is 1.69. The minimum Gasteiger partial charge on any atom is -0.494 e. The Balaban J connectivity index is 2.41. The molecule has 1 aromatic carbocycles. The van der Waals surface area contributed by atoms with Crippen LogP contribution in [0.15, 0.2) is 24.3 Å². The fourth-order valence-electron chi connectivity index (χ4n) is 1.49. The van der Waals surface area contributed by atoms with Crippen LogP contribution in [0.4, 0.5) is 10.5 Å². The molecule has 0 aliphatic heterocycles. The molecule has 0 bridgehead atoms. The standard InChI is InChI=1S/C17H28N2O3/c1-6-7-12-21-15-10-8-14(9-11-15)18-16(20)22-13-17(2,3)19(4)5/h8-11H,6-7,12-13H2,1-5H3,(H,18,20). The Morgan fingerprint density at radius 3 is 2.41 bits per heavy atom. The maximum Gasteiger partial charge on any atom is 0.411 e. The van der Waals surface area contributed by atoms with Crippen molar-refractivity contribution in [2.45, 2.75) is 39.2 Å². The molecular weight excluding hydrogens is 280 g/mol. The smallest absolute Gasteiger partial charge is 0.411 e. The molecule has 0 unspecified atom stereocenters. The van der Waals surface area contributed by atoms with E-state index >= 15 is 0 Å². The van der Waals surface area contributed by atoms with E-state index in [9.17, 15) is 4.79 Å². The number of unbranched alkanes of at least 4 members (excludes halogenated alkanes) is 1. The normalized spacial score (nSPS) is 11.4. The largest absolute Gasteiger partial charge is 0.494 e. The number of carbonyl (C=O) groups excluding carboxylic acids is 1. The Morgan fingerprint density at radius 2 is 1.86 bits per heavy atom. The van der Waals surface area contributed by atoms with Gasteiger partial charge in [-0.3, -0.25) is 5.32 Å². The second-order valence-electron chi connectivity index (χ2n) is 6.13. The van der Waals surface area contributed by atoms with Crippen LogP contribution < -0.4 is 10.1 Å². The lowest BCUT2D eigenvalue weighted by atomic mass is 10.1. The molecule has 0 aliphatic rings. The number of carbonyl (C=O) groups is 1. The van der Waals surface area contributed by atoms with Gasteiger partial charge in [-0.25, -0.2) is 4.79 Å². The van der Waals surface area contributed by atoms with Gasteiger partial charge >= 0.3 is 6.09 Å². The van der Waals surface area contributed by atoms with Crippen LogP contribution in [0.2, 0.25) is 0 Å². The monoisotopic (exact) mass is 308 g/mol. The summed E-state index contributed by atoms with van der Waals surface area (Å²) in [5.74, 6) is 0.807. The van der Waals surface area contributed by atoms with E-state index in [0.717, 1.165) is 18.6 Å². The summed E-state index contributed by atoms with van der Waals surface area (Å²) in [5, 5.41) is 2.71. The van der Waals surface area contributed by atoms with Gasteiger partial charge in [0.15, 0.2) is 0 Å². The number of benzene rings is 1. The van der Waals surface area contributed by atoms with Crippen molar-refractivity contribution < 1.29 is 14.3 Å². The van der Waals surface area contributed by atoms with Gasteiger partial charge in [-0.2, -0.15) is 0 Å². The maximum atomic E-state index is 11.8. The number of rotatable bonds is 8. The highest BCUT2D eigenvalue weighted by molar-refractivity contribution is 5.84. The van der Waals surface area contributed by atoms with Crippen molar-refractivity contribution >= 4 is 11.8 Å². The van der Waals surface area contributed by atoms with Crippen molar-refractivity contribution in [1.29, 1.82) is 0 Å². The first kappa shape index (κ1) is 18.3. The van der Waals surface area contributed by atoms with E-state index in [2.05, 4.69) is 12.2 Å². The zero-order chi connectivity index (χ0) is 16.6. The topological polar surface area (TPSA) is 50.8 Å². The molecule has 5 heteroatoms. The number of nitrogens with zero attached hydrogens (tertiary/aromatic N) is 1. The predicted octanol–water partition coefficient (Wildman–Crippen LogP) is 3.75. The summed E-state index contributed by atoms with van der Waals surface area (Å²) >= 11 is 0. The Labute approximate surface area is 133 Å². The molecule has 0 atom stereocenters. The van der Waals surface area contributed by atoms with Gasteiger partial charge in [-0.15, -0.1) is 0 Å². The van der Waals surface area contributed by atoms with Crippen LogP contribution >= 0.6 is 0 Å². The summed E-state index contributed by atoms with van der Waals surface area (Å²) in [5.41, 5.74) is 0.490. The number of hydrogen-bond donors (Lipinski definition) is 1. The Hall–Kier alpha value is -1.75. The first-order valence-electron chi connectivity index (χ1n) is 7.69. The first-order valence-corrected chi connectivity index (χ1v) is 7.69. The summed E-state index contributed by atoms with van der Waals surface area (Å²) in [7, 11) is 3.91. The van der Waals surface area contributed by atoms with Crippen LogP contribution in [0.5, 0.6) is 5.75 Å². The third-order valence-electron chi connectivity index (χ3n) is 3.63. The molecule has 1 N–H and O–H groups in total. The number of likely N-dealkylation sites (N-methyl/N-ethyl adjacent to an activating group) is 1. The zero-order valence-corrected chi connectivity index (χ0v) is 14.3. The van der Waals surface area contributed by atoms with E-state index < -0.39 is 6.09 Å². The second kappa shape index (κ2) is 8.63. The maximum absolute atomic E-state index is 11.8. The minimum absolute atomic E-state index is 0.200. The van der Waals surface area contributed by atoms with Gasteiger partial charge in [0.25, 0.3) is 0 Å². The average molecular weight is 308 g/mol. The van der Waals surface area contributed by atoms with Crippen LogP contribution in [0.3, 0.4) is 0 Å². The van der Waals surface area contributed by atoms with E-state index in [-0.39, 0.29) is 5.54 Å². The van der Waals surface area contributed by atoms with Gasteiger partial charge in [0.2, 0.25) is 0 Å². The summed E-state index contributed by atoms with van der Waals surface area (Å²) in [6.45, 7) is 7.19. The molecule has 1 rings (SSSR count). The first-order chi connectivity index (χ1) is 10.3. The molecule has 0 heterocycles. The molecule has 5 nitrogen and oxygen atoms in total. The highest BCUT2D eigenvalue weighted by atomic mass is 16.5. The molecule has 124 valence electrons. The summed E-state index contributed by atoms with van der Waals surface area (Å²) < 4.78 is 10.8. The molecular formula is C17H28N2O3. The number of amides is 1. The number of ether oxygens (including phenoxy) is 2. The Kier molecular flexibility index (Phi) is 7.18. The molecule has 0 aliphatic carbocycles. The second-order valence-corrected chi connectivity index (χ2v) is 6.13. The third kappa shape index (κ3) is 6.35. The lowest BCUT2D eigenvalue weighted by molar-refractivity contribution is 0.0775. The van der Waals surface area contributed by atoms with Gasteiger partial charge in [0.05, 0.1) is 6.61 Å². The van der Waals surface area contributed by atoms with E-state index in [1.807, 2.05) is 45.0 Å². The van der Waals surface area contributed by atoms with Crippen LogP contribution in [-0.2, 0) is 4.74 Å². The minimum atomic E-state index is -0.449. The fraction of sp³-hybridized carbons (Fsp3) is 0.588. The van der Waals surface area contributed by atoms with Crippen molar-refractivity contribution in [3.05, 3.63) is 24.3 Å². The van der Waals surface area contributed by atoms with Crippen molar-refractivity contribution in [1.82, 2.24) is 4.90 Å². The quantitative estimate of drug-likeness (QED) is 0.743. The van der Waals surface area contributed by atoms with Gasteiger partial charge in [0, 0.05) is 11.2 Å². The van der Waals surface area contributed by atoms with E-state index in [4.69, 9.17) is 9.47 Å². The third-order valence-corrected chi connectivity index (χ3v) is 3.63. The highest BCUT2D eigenvalue weighted by Crippen LogP contribution is 2.17. The lowest BCUT2D eigenvalue weighted by Gasteiger charge is -2.31. The molecule has 0 saturated heterocycles. The van der Waals surface area contributed by atoms with Crippen molar-refractivity contribution in [3.63, 3.8) is 0 Å². The molecule has 0 radical (unpaired) electrons. The summed E-state index contributed by atoms with van der Waals surface area (Å²) in [4.78, 5) is 13.8. The van der Waals surface area contributed by atoms with Crippen molar-refractivity contribution in [3.8, 4) is 5.75 Å². The van der Waals surface area contributed by atoms with Crippen molar-refractivity contribution in [2.75, 3.05) is 32.6 Å². The molecule has 0 saturated carbocycles. The Bertz CT molecular complexity index is 455. The van der Waals surface area contributed by atoms with E-state index in [0.29, 0.717) is 18.9 Å². The van der Waals surface area contributed by atoms with Gasteiger partial charge < -0.3 is 14.4 Å². The summed E-state index contributed by atoms with van der Waals surface area (Å²) in [6, 6.07) is 7.29. The fourth-order valence-corrected chi connectivity index (χ4v) is 1.49. The molecule has 0 spiro atoms. The SMILES string of the molecule is CCCCOc1ccc(NC(=O)OCC(C)(C)N(C)C)cc1. The molecule has 22 heavy (non-hydrogen) atoms. The molecule has 0 aromatic heterocycles. The average Bonchev–Trinajstić information content (AvgIpc) is 2.47. The van der Waals surface area contributed by atoms with Crippen LogP contribution in [0.25, 0.3) is 0 Å². The molecule has 0 fully saturated rings. The number of hydrogen-bond acceptors (Lipinski definition) is 4. The Morgan fingerprint density at radius 1 is 1.23 bits per heavy atom. The molecule has 1 amide bonds. The lowest BCUT2D eigenvalue weighted by Crippen LogP contribution is -2.43. The van der Waals surface area contributed by atoms with Crippen LogP contribution in [-0.4, -0.2) is 43.8 Å².